The minimum atomic E-state index is -0.893. The third kappa shape index (κ3) is 4.14. The number of amides is 1. The van der Waals surface area contributed by atoms with E-state index in [9.17, 15) is 14.7 Å². The van der Waals surface area contributed by atoms with Crippen molar-refractivity contribution in [3.8, 4) is 0 Å². The smallest absolute Gasteiger partial charge is 0.407 e. The van der Waals surface area contributed by atoms with Crippen LogP contribution in [-0.4, -0.2) is 46.8 Å². The summed E-state index contributed by atoms with van der Waals surface area (Å²) in [5.74, 6) is -0.893. The monoisotopic (exact) mass is 356 g/mol. The van der Waals surface area contributed by atoms with Crippen LogP contribution in [0.15, 0.2) is 42.5 Å². The zero-order valence-corrected chi connectivity index (χ0v) is 15.2. The Morgan fingerprint density at radius 3 is 2.42 bits per heavy atom. The molecule has 0 aliphatic carbocycles. The van der Waals surface area contributed by atoms with Crippen LogP contribution < -0.4 is 5.32 Å². The van der Waals surface area contributed by atoms with Gasteiger partial charge in [-0.25, -0.2) is 4.79 Å². The highest BCUT2D eigenvalue weighted by atomic mass is 16.6. The SMILES string of the molecule is CC(C)(C)OC(=O)NC1CN([C@H](C(=O)O)c2ccc3ccccc3c2)C1. The van der Waals surface area contributed by atoms with Gasteiger partial charge in [0, 0.05) is 13.1 Å². The van der Waals surface area contributed by atoms with Crippen LogP contribution in [0.1, 0.15) is 32.4 Å². The van der Waals surface area contributed by atoms with Crippen molar-refractivity contribution in [1.82, 2.24) is 10.2 Å². The lowest BCUT2D eigenvalue weighted by atomic mass is 9.97. The molecule has 1 saturated heterocycles. The number of rotatable bonds is 4. The van der Waals surface area contributed by atoms with Crippen molar-refractivity contribution in [3.63, 3.8) is 0 Å². The van der Waals surface area contributed by atoms with Crippen LogP contribution >= 0.6 is 0 Å². The number of fused-ring (bicyclic) bond motifs is 1. The second-order valence-corrected chi connectivity index (χ2v) is 7.64. The molecule has 0 spiro atoms. The van der Waals surface area contributed by atoms with Crippen LogP contribution in [-0.2, 0) is 9.53 Å². The van der Waals surface area contributed by atoms with Crippen molar-refractivity contribution >= 4 is 22.8 Å². The molecule has 1 fully saturated rings. The number of nitrogens with one attached hydrogen (secondary N) is 1. The van der Waals surface area contributed by atoms with Gasteiger partial charge in [0.25, 0.3) is 0 Å². The Balaban J connectivity index is 1.66. The molecule has 1 aliphatic heterocycles. The molecule has 2 aromatic rings. The molecule has 26 heavy (non-hydrogen) atoms. The summed E-state index contributed by atoms with van der Waals surface area (Å²) in [7, 11) is 0. The first kappa shape index (κ1) is 18.2. The number of likely N-dealkylation sites (tertiary alicyclic amines) is 1. The van der Waals surface area contributed by atoms with Crippen LogP contribution in [0.25, 0.3) is 10.8 Å². The predicted octanol–water partition coefficient (Wildman–Crippen LogP) is 3.17. The Kier molecular flexibility index (Phi) is 4.87. The van der Waals surface area contributed by atoms with Crippen molar-refractivity contribution in [2.75, 3.05) is 13.1 Å². The van der Waals surface area contributed by atoms with E-state index in [4.69, 9.17) is 4.74 Å². The first-order chi connectivity index (χ1) is 12.2. The number of nitrogens with zero attached hydrogens (tertiary/aromatic N) is 1. The largest absolute Gasteiger partial charge is 0.480 e. The number of aliphatic carboxylic acids is 1. The number of carbonyl (C=O) groups excluding carboxylic acids is 1. The molecule has 2 N–H and O–H groups in total. The number of carbonyl (C=O) groups is 2. The lowest BCUT2D eigenvalue weighted by Gasteiger charge is -2.43. The van der Waals surface area contributed by atoms with Gasteiger partial charge in [-0.2, -0.15) is 0 Å². The average Bonchev–Trinajstić information content (AvgIpc) is 2.50. The van der Waals surface area contributed by atoms with Gasteiger partial charge in [0.15, 0.2) is 0 Å². The Labute approximate surface area is 152 Å². The molecule has 0 saturated carbocycles. The number of carboxylic acids is 1. The minimum Gasteiger partial charge on any atom is -0.480 e. The maximum atomic E-state index is 11.8. The zero-order chi connectivity index (χ0) is 18.9. The van der Waals surface area contributed by atoms with E-state index < -0.39 is 23.7 Å². The van der Waals surface area contributed by atoms with E-state index in [1.807, 2.05) is 47.4 Å². The maximum absolute atomic E-state index is 11.8. The summed E-state index contributed by atoms with van der Waals surface area (Å²) in [5.41, 5.74) is 0.189. The lowest BCUT2D eigenvalue weighted by molar-refractivity contribution is -0.145. The summed E-state index contributed by atoms with van der Waals surface area (Å²) in [6, 6.07) is 12.8. The quantitative estimate of drug-likeness (QED) is 0.880. The molecule has 1 aliphatic rings. The van der Waals surface area contributed by atoms with Crippen LogP contribution in [0.2, 0.25) is 0 Å². The van der Waals surface area contributed by atoms with Crippen molar-refractivity contribution in [2.24, 2.45) is 0 Å². The summed E-state index contributed by atoms with van der Waals surface area (Å²) in [6.45, 7) is 6.37. The molecule has 6 heteroatoms. The highest BCUT2D eigenvalue weighted by molar-refractivity contribution is 5.85. The van der Waals surface area contributed by atoms with Gasteiger partial charge in [-0.05, 0) is 43.2 Å². The fourth-order valence-corrected chi connectivity index (χ4v) is 3.18. The molecule has 0 unspecified atom stereocenters. The minimum absolute atomic E-state index is 0.104. The Morgan fingerprint density at radius 2 is 1.81 bits per heavy atom. The standard InChI is InChI=1S/C20H24N2O4/c1-20(2,3)26-19(25)21-16-11-22(12-16)17(18(23)24)15-9-8-13-6-4-5-7-14(13)10-15/h4-10,16-17H,11-12H2,1-3H3,(H,21,25)(H,23,24)/t17-/m0/s1. The van der Waals surface area contributed by atoms with Gasteiger partial charge in [-0.1, -0.05) is 36.4 Å². The molecule has 2 aromatic carbocycles. The fourth-order valence-electron chi connectivity index (χ4n) is 3.18. The molecule has 0 bridgehead atoms. The van der Waals surface area contributed by atoms with Crippen molar-refractivity contribution in [2.45, 2.75) is 38.5 Å². The van der Waals surface area contributed by atoms with Crippen molar-refractivity contribution in [3.05, 3.63) is 48.0 Å². The van der Waals surface area contributed by atoms with Gasteiger partial charge < -0.3 is 15.2 Å². The maximum Gasteiger partial charge on any atom is 0.407 e. The molecular weight excluding hydrogens is 332 g/mol. The first-order valence-corrected chi connectivity index (χ1v) is 8.68. The summed E-state index contributed by atoms with van der Waals surface area (Å²) in [6.07, 6.45) is -0.472. The third-order valence-corrected chi connectivity index (χ3v) is 4.32. The van der Waals surface area contributed by atoms with E-state index >= 15 is 0 Å². The van der Waals surface area contributed by atoms with E-state index in [0.717, 1.165) is 16.3 Å². The van der Waals surface area contributed by atoms with E-state index in [-0.39, 0.29) is 6.04 Å². The number of alkyl carbamates (subject to hydrolysis) is 1. The van der Waals surface area contributed by atoms with Gasteiger partial charge in [0.1, 0.15) is 11.6 Å². The third-order valence-electron chi connectivity index (χ3n) is 4.32. The first-order valence-electron chi connectivity index (χ1n) is 8.68. The average molecular weight is 356 g/mol. The van der Waals surface area contributed by atoms with Gasteiger partial charge in [-0.3, -0.25) is 9.69 Å². The van der Waals surface area contributed by atoms with Gasteiger partial charge in [0.2, 0.25) is 0 Å². The Hall–Kier alpha value is -2.60. The van der Waals surface area contributed by atoms with Crippen molar-refractivity contribution < 1.29 is 19.4 Å². The van der Waals surface area contributed by atoms with Crippen LogP contribution in [0, 0.1) is 0 Å². The number of ether oxygens (including phenoxy) is 1. The lowest BCUT2D eigenvalue weighted by Crippen LogP contribution is -2.61. The summed E-state index contributed by atoms with van der Waals surface area (Å²) in [4.78, 5) is 25.5. The summed E-state index contributed by atoms with van der Waals surface area (Å²) >= 11 is 0. The number of carboxylic acid groups (broad SMARTS) is 1. The van der Waals surface area contributed by atoms with Crippen LogP contribution in [0.4, 0.5) is 4.79 Å². The number of hydrogen-bond donors (Lipinski definition) is 2. The highest BCUT2D eigenvalue weighted by Gasteiger charge is 2.38. The Bertz CT molecular complexity index is 822. The second kappa shape index (κ2) is 6.96. The van der Waals surface area contributed by atoms with E-state index in [2.05, 4.69) is 5.32 Å². The molecule has 3 rings (SSSR count). The van der Waals surface area contributed by atoms with E-state index in [0.29, 0.717) is 13.1 Å². The van der Waals surface area contributed by atoms with E-state index in [1.165, 1.54) is 0 Å². The number of benzene rings is 2. The fraction of sp³-hybridized carbons (Fsp3) is 0.400. The molecular formula is C20H24N2O4. The zero-order valence-electron chi connectivity index (χ0n) is 15.2. The molecule has 0 radical (unpaired) electrons. The van der Waals surface area contributed by atoms with Crippen LogP contribution in [0.5, 0.6) is 0 Å². The molecule has 1 amide bonds. The summed E-state index contributed by atoms with van der Waals surface area (Å²) < 4.78 is 5.24. The molecule has 0 aromatic heterocycles. The molecule has 138 valence electrons. The molecule has 6 nitrogen and oxygen atoms in total. The van der Waals surface area contributed by atoms with Gasteiger partial charge >= 0.3 is 12.1 Å². The highest BCUT2D eigenvalue weighted by Crippen LogP contribution is 2.29. The van der Waals surface area contributed by atoms with Crippen LogP contribution in [0.3, 0.4) is 0 Å². The molecule has 1 atom stereocenters. The number of hydrogen-bond acceptors (Lipinski definition) is 4. The van der Waals surface area contributed by atoms with Gasteiger partial charge in [0.05, 0.1) is 6.04 Å². The van der Waals surface area contributed by atoms with E-state index in [1.54, 1.807) is 20.8 Å². The van der Waals surface area contributed by atoms with Crippen molar-refractivity contribution in [1.29, 1.82) is 0 Å². The predicted molar refractivity (Wildman–Crippen MR) is 99.1 cm³/mol. The summed E-state index contributed by atoms with van der Waals surface area (Å²) in [5, 5.41) is 14.6. The second-order valence-electron chi connectivity index (χ2n) is 7.64. The normalized spacial score (nSPS) is 16.7. The van der Waals surface area contributed by atoms with Gasteiger partial charge in [-0.15, -0.1) is 0 Å². The Morgan fingerprint density at radius 1 is 1.15 bits per heavy atom. The molecule has 1 heterocycles. The topological polar surface area (TPSA) is 78.9 Å².